The fourth-order valence-electron chi connectivity index (χ4n) is 2.86. The van der Waals surface area contributed by atoms with Crippen LogP contribution in [0.15, 0.2) is 22.6 Å². The summed E-state index contributed by atoms with van der Waals surface area (Å²) in [4.78, 5) is 14.0. The molecule has 0 aromatic carbocycles. The Labute approximate surface area is 120 Å². The van der Waals surface area contributed by atoms with Crippen LogP contribution in [-0.4, -0.2) is 23.9 Å². The molecular weight excluding hydrogens is 250 g/mol. The lowest BCUT2D eigenvalue weighted by Gasteiger charge is -2.29. The van der Waals surface area contributed by atoms with E-state index in [1.165, 1.54) is 6.42 Å². The highest BCUT2D eigenvalue weighted by molar-refractivity contribution is 5.91. The number of hydrogen-bond donors (Lipinski definition) is 0. The lowest BCUT2D eigenvalue weighted by atomic mass is 9.99. The molecule has 1 amide bonds. The Hall–Kier alpha value is -1.51. The normalized spacial score (nSPS) is 27.2. The van der Waals surface area contributed by atoms with Crippen molar-refractivity contribution >= 4 is 12.0 Å². The van der Waals surface area contributed by atoms with Crippen LogP contribution in [0.5, 0.6) is 0 Å². The molecule has 0 N–H and O–H groups in total. The van der Waals surface area contributed by atoms with Crippen molar-refractivity contribution in [3.05, 3.63) is 29.7 Å². The van der Waals surface area contributed by atoms with E-state index in [1.807, 2.05) is 17.0 Å². The lowest BCUT2D eigenvalue weighted by molar-refractivity contribution is -0.127. The van der Waals surface area contributed by atoms with Gasteiger partial charge in [0.05, 0.1) is 0 Å². The molecule has 2 heterocycles. The van der Waals surface area contributed by atoms with Gasteiger partial charge in [0.2, 0.25) is 5.91 Å². The second-order valence-corrected chi connectivity index (χ2v) is 6.40. The largest absolute Gasteiger partial charge is 0.461 e. The van der Waals surface area contributed by atoms with E-state index < -0.39 is 0 Å². The van der Waals surface area contributed by atoms with Gasteiger partial charge in [0, 0.05) is 25.1 Å². The van der Waals surface area contributed by atoms with Crippen molar-refractivity contribution in [1.82, 2.24) is 4.90 Å². The summed E-state index contributed by atoms with van der Waals surface area (Å²) in [6.45, 7) is 6.26. The highest BCUT2D eigenvalue weighted by atomic mass is 16.3. The van der Waals surface area contributed by atoms with Crippen LogP contribution in [0.4, 0.5) is 0 Å². The van der Waals surface area contributed by atoms with Gasteiger partial charge in [-0.3, -0.25) is 4.79 Å². The Morgan fingerprint density at radius 2 is 2.00 bits per heavy atom. The molecule has 2 fully saturated rings. The van der Waals surface area contributed by atoms with Gasteiger partial charge in [-0.2, -0.15) is 0 Å². The van der Waals surface area contributed by atoms with Crippen molar-refractivity contribution in [3.8, 4) is 0 Å². The Morgan fingerprint density at radius 3 is 2.65 bits per heavy atom. The molecule has 1 aromatic rings. The summed E-state index contributed by atoms with van der Waals surface area (Å²) in [5, 5.41) is 0. The van der Waals surface area contributed by atoms with Crippen LogP contribution >= 0.6 is 0 Å². The molecule has 0 spiro atoms. The third kappa shape index (κ3) is 2.97. The molecule has 1 saturated heterocycles. The van der Waals surface area contributed by atoms with Crippen LogP contribution in [0, 0.1) is 11.8 Å². The molecule has 0 radical (unpaired) electrons. The summed E-state index contributed by atoms with van der Waals surface area (Å²) >= 11 is 0. The number of hydrogen-bond acceptors (Lipinski definition) is 2. The first-order valence-electron chi connectivity index (χ1n) is 7.70. The average molecular weight is 273 g/mol. The van der Waals surface area contributed by atoms with Crippen LogP contribution in [0.1, 0.15) is 50.5 Å². The number of carbonyl (C=O) groups excluding carboxylic acids is 1. The Bertz CT molecular complexity index is 509. The predicted octanol–water partition coefficient (Wildman–Crippen LogP) is 3.67. The maximum absolute atomic E-state index is 12.1. The number of nitrogens with zero attached hydrogens (tertiary/aromatic N) is 1. The van der Waals surface area contributed by atoms with E-state index in [-0.39, 0.29) is 5.91 Å². The van der Waals surface area contributed by atoms with Crippen LogP contribution in [0.3, 0.4) is 0 Å². The van der Waals surface area contributed by atoms with Gasteiger partial charge in [-0.15, -0.1) is 0 Å². The molecule has 1 aromatic heterocycles. The molecular formula is C17H23NO2. The summed E-state index contributed by atoms with van der Waals surface area (Å²) in [5.74, 6) is 4.05. The molecule has 2 aliphatic rings. The van der Waals surface area contributed by atoms with E-state index in [0.29, 0.717) is 5.92 Å². The third-order valence-electron chi connectivity index (χ3n) is 4.61. The fraction of sp³-hybridized carbons (Fsp3) is 0.588. The van der Waals surface area contributed by atoms with E-state index in [0.717, 1.165) is 49.3 Å². The van der Waals surface area contributed by atoms with Crippen LogP contribution in [-0.2, 0) is 4.79 Å². The number of likely N-dealkylation sites (tertiary alicyclic amines) is 1. The smallest absolute Gasteiger partial charge is 0.246 e. The highest BCUT2D eigenvalue weighted by Crippen LogP contribution is 2.47. The van der Waals surface area contributed by atoms with E-state index >= 15 is 0 Å². The number of piperidine rings is 1. The first-order valence-corrected chi connectivity index (χ1v) is 7.70. The minimum Gasteiger partial charge on any atom is -0.461 e. The summed E-state index contributed by atoms with van der Waals surface area (Å²) in [6, 6.07) is 4.00. The van der Waals surface area contributed by atoms with Crippen LogP contribution in [0.25, 0.3) is 6.08 Å². The maximum atomic E-state index is 12.1. The van der Waals surface area contributed by atoms with Gasteiger partial charge in [-0.25, -0.2) is 0 Å². The summed E-state index contributed by atoms with van der Waals surface area (Å²) in [7, 11) is 0. The first kappa shape index (κ1) is 13.5. The summed E-state index contributed by atoms with van der Waals surface area (Å²) < 4.78 is 5.78. The van der Waals surface area contributed by atoms with E-state index in [2.05, 4.69) is 13.8 Å². The highest BCUT2D eigenvalue weighted by Gasteiger charge is 2.36. The van der Waals surface area contributed by atoms with Crippen molar-refractivity contribution in [2.75, 3.05) is 13.1 Å². The molecule has 1 aliphatic carbocycles. The second kappa shape index (κ2) is 5.47. The standard InChI is InChI=1S/C17H23NO2/c1-12-7-9-18(10-8-12)17(19)6-4-14-3-5-16(20-14)15-11-13(15)2/h3-6,12-13,15H,7-11H2,1-2H3/b6-4+. The van der Waals surface area contributed by atoms with Gasteiger partial charge in [-0.1, -0.05) is 13.8 Å². The Balaban J connectivity index is 1.56. The minimum absolute atomic E-state index is 0.106. The van der Waals surface area contributed by atoms with Gasteiger partial charge in [0.1, 0.15) is 11.5 Å². The molecule has 3 heteroatoms. The molecule has 1 aliphatic heterocycles. The zero-order chi connectivity index (χ0) is 14.1. The third-order valence-corrected chi connectivity index (χ3v) is 4.61. The van der Waals surface area contributed by atoms with Crippen LogP contribution < -0.4 is 0 Å². The number of rotatable bonds is 3. The maximum Gasteiger partial charge on any atom is 0.246 e. The second-order valence-electron chi connectivity index (χ2n) is 6.40. The fourth-order valence-corrected chi connectivity index (χ4v) is 2.86. The topological polar surface area (TPSA) is 33.5 Å². The molecule has 108 valence electrons. The molecule has 20 heavy (non-hydrogen) atoms. The van der Waals surface area contributed by atoms with E-state index in [9.17, 15) is 4.79 Å². The van der Waals surface area contributed by atoms with Crippen LogP contribution in [0.2, 0.25) is 0 Å². The molecule has 2 atom stereocenters. The van der Waals surface area contributed by atoms with Gasteiger partial charge >= 0.3 is 0 Å². The SMILES string of the molecule is CC1CCN(C(=O)/C=C/c2ccc(C3CC3C)o2)CC1. The summed E-state index contributed by atoms with van der Waals surface area (Å²) in [5.41, 5.74) is 0. The van der Waals surface area contributed by atoms with Crippen molar-refractivity contribution in [2.45, 2.75) is 39.0 Å². The molecule has 3 rings (SSSR count). The monoisotopic (exact) mass is 273 g/mol. The first-order chi connectivity index (χ1) is 9.63. The van der Waals surface area contributed by atoms with Gasteiger partial charge in [0.15, 0.2) is 0 Å². The van der Waals surface area contributed by atoms with E-state index in [4.69, 9.17) is 4.42 Å². The van der Waals surface area contributed by atoms with Crippen molar-refractivity contribution < 1.29 is 9.21 Å². The number of carbonyl (C=O) groups is 1. The predicted molar refractivity (Wildman–Crippen MR) is 79.2 cm³/mol. The average Bonchev–Trinajstić information content (AvgIpc) is 3.00. The van der Waals surface area contributed by atoms with Gasteiger partial charge < -0.3 is 9.32 Å². The number of furan rings is 1. The quantitative estimate of drug-likeness (QED) is 0.787. The molecule has 2 unspecified atom stereocenters. The minimum atomic E-state index is 0.106. The number of amides is 1. The zero-order valence-electron chi connectivity index (χ0n) is 12.3. The van der Waals surface area contributed by atoms with Crippen molar-refractivity contribution in [3.63, 3.8) is 0 Å². The molecule has 1 saturated carbocycles. The Morgan fingerprint density at radius 1 is 1.30 bits per heavy atom. The molecule has 0 bridgehead atoms. The van der Waals surface area contributed by atoms with Crippen molar-refractivity contribution in [1.29, 1.82) is 0 Å². The zero-order valence-corrected chi connectivity index (χ0v) is 12.3. The summed E-state index contributed by atoms with van der Waals surface area (Å²) in [6.07, 6.45) is 6.90. The van der Waals surface area contributed by atoms with Crippen molar-refractivity contribution in [2.24, 2.45) is 11.8 Å². The van der Waals surface area contributed by atoms with E-state index in [1.54, 1.807) is 12.2 Å². The van der Waals surface area contributed by atoms with Gasteiger partial charge in [0.25, 0.3) is 0 Å². The Kier molecular flexibility index (Phi) is 3.68. The van der Waals surface area contributed by atoms with Gasteiger partial charge in [-0.05, 0) is 49.3 Å². The molecule has 3 nitrogen and oxygen atoms in total. The lowest BCUT2D eigenvalue weighted by Crippen LogP contribution is -2.36.